The lowest BCUT2D eigenvalue weighted by atomic mass is 9.97. The molecule has 1 aliphatic carbocycles. The molecule has 2 atom stereocenters. The summed E-state index contributed by atoms with van der Waals surface area (Å²) in [5.74, 6) is 1.32. The maximum atomic E-state index is 7.23. The monoisotopic (exact) mass is 154 g/mol. The molecule has 0 bridgehead atoms. The molecular weight excluding hydrogens is 136 g/mol. The van der Waals surface area contributed by atoms with E-state index in [0.717, 1.165) is 12.5 Å². The Labute approximate surface area is 69.1 Å². The molecule has 1 aliphatic rings. The van der Waals surface area contributed by atoms with Crippen molar-refractivity contribution < 1.29 is 0 Å². The van der Waals surface area contributed by atoms with Crippen LogP contribution < -0.4 is 0 Å². The fourth-order valence-electron chi connectivity index (χ4n) is 1.98. The molecule has 1 saturated carbocycles. The summed E-state index contributed by atoms with van der Waals surface area (Å²) in [5, 5.41) is 7.23. The van der Waals surface area contributed by atoms with E-state index in [1.54, 1.807) is 6.21 Å². The van der Waals surface area contributed by atoms with Crippen LogP contribution in [0.15, 0.2) is 0 Å². The highest BCUT2D eigenvalue weighted by atomic mass is 15.1. The number of nitrogens with zero attached hydrogens (tertiary/aromatic N) is 1. The van der Waals surface area contributed by atoms with Gasteiger partial charge in [0.1, 0.15) is 0 Å². The molecule has 0 aromatic carbocycles. The van der Waals surface area contributed by atoms with Crippen LogP contribution in [0.3, 0.4) is 0 Å². The minimum atomic E-state index is 0.567. The molecule has 1 N–H and O–H groups in total. The highest BCUT2D eigenvalue weighted by Crippen LogP contribution is 2.30. The Morgan fingerprint density at radius 1 is 1.45 bits per heavy atom. The van der Waals surface area contributed by atoms with Crippen LogP contribution in [0.25, 0.3) is 0 Å². The van der Waals surface area contributed by atoms with Crippen LogP contribution in [0, 0.1) is 17.2 Å². The molecule has 2 nitrogen and oxygen atoms in total. The van der Waals surface area contributed by atoms with Gasteiger partial charge >= 0.3 is 0 Å². The summed E-state index contributed by atoms with van der Waals surface area (Å²) >= 11 is 0. The zero-order valence-electron chi connectivity index (χ0n) is 7.51. The van der Waals surface area contributed by atoms with Crippen LogP contribution >= 0.6 is 0 Å². The Balaban J connectivity index is 2.37. The van der Waals surface area contributed by atoms with E-state index in [0.29, 0.717) is 5.92 Å². The molecule has 1 rings (SSSR count). The predicted molar refractivity (Wildman–Crippen MR) is 48.2 cm³/mol. The lowest BCUT2D eigenvalue weighted by molar-refractivity contribution is 0.309. The van der Waals surface area contributed by atoms with Gasteiger partial charge in [0.15, 0.2) is 0 Å². The highest BCUT2D eigenvalue weighted by Gasteiger charge is 2.25. The molecular formula is C9H18N2. The van der Waals surface area contributed by atoms with Crippen LogP contribution in [0.2, 0.25) is 0 Å². The van der Waals surface area contributed by atoms with Gasteiger partial charge in [-0.15, -0.1) is 0 Å². The van der Waals surface area contributed by atoms with Gasteiger partial charge in [-0.3, -0.25) is 0 Å². The number of hydrogen-bond acceptors (Lipinski definition) is 2. The van der Waals surface area contributed by atoms with Crippen molar-refractivity contribution in [1.29, 1.82) is 5.41 Å². The Bertz CT molecular complexity index is 132. The fraction of sp³-hybridized carbons (Fsp3) is 0.889. The topological polar surface area (TPSA) is 27.1 Å². The molecule has 0 aromatic rings. The summed E-state index contributed by atoms with van der Waals surface area (Å²) in [6.07, 6.45) is 5.51. The fourth-order valence-corrected chi connectivity index (χ4v) is 1.98. The number of rotatable bonds is 3. The van der Waals surface area contributed by atoms with Crippen LogP contribution in [0.4, 0.5) is 0 Å². The van der Waals surface area contributed by atoms with E-state index in [2.05, 4.69) is 19.0 Å². The summed E-state index contributed by atoms with van der Waals surface area (Å²) in [7, 11) is 4.22. The third-order valence-corrected chi connectivity index (χ3v) is 2.53. The molecule has 0 amide bonds. The third-order valence-electron chi connectivity index (χ3n) is 2.53. The van der Waals surface area contributed by atoms with E-state index >= 15 is 0 Å². The lowest BCUT2D eigenvalue weighted by Gasteiger charge is -2.19. The molecule has 0 aromatic heterocycles. The smallest absolute Gasteiger partial charge is 0.000975 e. The van der Waals surface area contributed by atoms with Gasteiger partial charge in [0.25, 0.3) is 0 Å². The van der Waals surface area contributed by atoms with Gasteiger partial charge in [-0.25, -0.2) is 0 Å². The second-order valence-electron chi connectivity index (χ2n) is 3.78. The Morgan fingerprint density at radius 3 is 2.73 bits per heavy atom. The Morgan fingerprint density at radius 2 is 2.18 bits per heavy atom. The average molecular weight is 154 g/mol. The van der Waals surface area contributed by atoms with E-state index in [9.17, 15) is 0 Å². The van der Waals surface area contributed by atoms with E-state index in [1.807, 2.05) is 0 Å². The SMILES string of the molecule is CN(C)CC1CCCC1C=N. The van der Waals surface area contributed by atoms with Gasteiger partial charge in [0, 0.05) is 6.54 Å². The zero-order valence-corrected chi connectivity index (χ0v) is 7.51. The van der Waals surface area contributed by atoms with Crippen LogP contribution in [-0.2, 0) is 0 Å². The molecule has 0 radical (unpaired) electrons. The molecule has 1 fully saturated rings. The van der Waals surface area contributed by atoms with Gasteiger partial charge in [0.05, 0.1) is 0 Å². The third kappa shape index (κ3) is 2.29. The minimum Gasteiger partial charge on any atom is -0.313 e. The second kappa shape index (κ2) is 3.86. The standard InChI is InChI=1S/C9H18N2/c1-11(2)7-9-5-3-4-8(9)6-10/h6,8-10H,3-5,7H2,1-2H3. The maximum absolute atomic E-state index is 7.23. The minimum absolute atomic E-state index is 0.567. The van der Waals surface area contributed by atoms with Crippen LogP contribution in [0.5, 0.6) is 0 Å². The quantitative estimate of drug-likeness (QED) is 0.614. The molecule has 64 valence electrons. The Kier molecular flexibility index (Phi) is 3.06. The van der Waals surface area contributed by atoms with Gasteiger partial charge in [-0.2, -0.15) is 0 Å². The van der Waals surface area contributed by atoms with Crippen molar-refractivity contribution in [3.8, 4) is 0 Å². The first-order valence-corrected chi connectivity index (χ1v) is 4.39. The van der Waals surface area contributed by atoms with E-state index in [4.69, 9.17) is 5.41 Å². The van der Waals surface area contributed by atoms with Crippen molar-refractivity contribution in [3.05, 3.63) is 0 Å². The predicted octanol–water partition coefficient (Wildman–Crippen LogP) is 1.61. The first kappa shape index (κ1) is 8.72. The highest BCUT2D eigenvalue weighted by molar-refractivity contribution is 5.57. The Hall–Kier alpha value is -0.370. The first-order chi connectivity index (χ1) is 5.24. The van der Waals surface area contributed by atoms with E-state index < -0.39 is 0 Å². The van der Waals surface area contributed by atoms with Crippen molar-refractivity contribution >= 4 is 6.21 Å². The average Bonchev–Trinajstić information content (AvgIpc) is 2.34. The van der Waals surface area contributed by atoms with Crippen molar-refractivity contribution in [3.63, 3.8) is 0 Å². The van der Waals surface area contributed by atoms with Crippen molar-refractivity contribution in [2.45, 2.75) is 19.3 Å². The van der Waals surface area contributed by atoms with E-state index in [-0.39, 0.29) is 0 Å². The molecule has 0 saturated heterocycles. The van der Waals surface area contributed by atoms with Crippen molar-refractivity contribution in [1.82, 2.24) is 4.90 Å². The summed E-state index contributed by atoms with van der Waals surface area (Å²) in [6.45, 7) is 1.15. The van der Waals surface area contributed by atoms with Gasteiger partial charge in [-0.1, -0.05) is 6.42 Å². The van der Waals surface area contributed by atoms with E-state index in [1.165, 1.54) is 19.3 Å². The number of hydrogen-bond donors (Lipinski definition) is 1. The summed E-state index contributed by atoms with van der Waals surface area (Å²) in [4.78, 5) is 2.23. The van der Waals surface area contributed by atoms with Crippen LogP contribution in [-0.4, -0.2) is 31.8 Å². The summed E-state index contributed by atoms with van der Waals surface area (Å²) < 4.78 is 0. The number of nitrogens with one attached hydrogen (secondary N) is 1. The maximum Gasteiger partial charge on any atom is 0.000975 e. The molecule has 0 spiro atoms. The molecule has 2 unspecified atom stereocenters. The molecule has 2 heteroatoms. The van der Waals surface area contributed by atoms with Crippen molar-refractivity contribution in [2.24, 2.45) is 11.8 Å². The normalized spacial score (nSPS) is 31.2. The van der Waals surface area contributed by atoms with Crippen LogP contribution in [0.1, 0.15) is 19.3 Å². The van der Waals surface area contributed by atoms with Gasteiger partial charge < -0.3 is 10.3 Å². The van der Waals surface area contributed by atoms with Gasteiger partial charge in [-0.05, 0) is 45.0 Å². The van der Waals surface area contributed by atoms with Gasteiger partial charge in [0.2, 0.25) is 0 Å². The molecule has 0 heterocycles. The summed E-state index contributed by atoms with van der Waals surface area (Å²) in [6, 6.07) is 0. The second-order valence-corrected chi connectivity index (χ2v) is 3.78. The molecule has 11 heavy (non-hydrogen) atoms. The zero-order chi connectivity index (χ0) is 8.27. The van der Waals surface area contributed by atoms with Crippen molar-refractivity contribution in [2.75, 3.05) is 20.6 Å². The first-order valence-electron chi connectivity index (χ1n) is 4.39. The molecule has 0 aliphatic heterocycles. The lowest BCUT2D eigenvalue weighted by Crippen LogP contribution is -2.24. The summed E-state index contributed by atoms with van der Waals surface area (Å²) in [5.41, 5.74) is 0. The largest absolute Gasteiger partial charge is 0.313 e.